The van der Waals surface area contributed by atoms with Gasteiger partial charge in [-0.05, 0) is 40.3 Å². The Bertz CT molecular complexity index is 763. The van der Waals surface area contributed by atoms with Gasteiger partial charge in [0.2, 0.25) is 4.77 Å². The van der Waals surface area contributed by atoms with Crippen LogP contribution >= 0.6 is 28.1 Å². The zero-order valence-corrected chi connectivity index (χ0v) is 11.5. The number of rotatable bonds is 2. The molecule has 2 aromatic heterocycles. The predicted molar refractivity (Wildman–Crippen MR) is 76.5 cm³/mol. The van der Waals surface area contributed by atoms with Crippen molar-refractivity contribution in [3.63, 3.8) is 0 Å². The quantitative estimate of drug-likeness (QED) is 0.632. The molecule has 7 heteroatoms. The van der Waals surface area contributed by atoms with E-state index in [2.05, 4.69) is 41.2 Å². The van der Waals surface area contributed by atoms with Gasteiger partial charge in [0.25, 0.3) is 0 Å². The molecule has 0 aliphatic heterocycles. The number of hydrogen-bond acceptors (Lipinski definition) is 4. The smallest absolute Gasteiger partial charge is 0.200 e. The minimum atomic E-state index is 0.393. The molecule has 2 heterocycles. The molecule has 3 rings (SSSR count). The number of H-pyrrole nitrogens is 2. The molecule has 0 aliphatic rings. The van der Waals surface area contributed by atoms with Crippen molar-refractivity contribution in [2.75, 3.05) is 5.32 Å². The highest BCUT2D eigenvalue weighted by Gasteiger charge is 2.07. The molecule has 0 saturated carbocycles. The number of aromatic amines is 2. The Balaban J connectivity index is 2.13. The maximum absolute atomic E-state index is 5.07. The average molecular weight is 322 g/mol. The molecule has 90 valence electrons. The molecular weight excluding hydrogens is 314 g/mol. The van der Waals surface area contributed by atoms with E-state index in [1.54, 1.807) is 6.33 Å². The first kappa shape index (κ1) is 11.4. The predicted octanol–water partition coefficient (Wildman–Crippen LogP) is 3.52. The standard InChI is InChI=1S/C11H8BrN5S/c12-6-3-1-2-4-7(6)15-10-8-9(14-5-13-8)16-11(18)17-10/h1-5H,(H3,13,14,15,16,17,18). The van der Waals surface area contributed by atoms with E-state index in [1.165, 1.54) is 0 Å². The first-order valence-corrected chi connectivity index (χ1v) is 6.39. The lowest BCUT2D eigenvalue weighted by Gasteiger charge is -2.08. The Kier molecular flexibility index (Phi) is 2.85. The van der Waals surface area contributed by atoms with Crippen molar-refractivity contribution in [3.05, 3.63) is 39.8 Å². The number of halogens is 1. The van der Waals surface area contributed by atoms with Crippen molar-refractivity contribution < 1.29 is 0 Å². The molecule has 3 aromatic rings. The van der Waals surface area contributed by atoms with Crippen LogP contribution in [0, 0.1) is 4.77 Å². The minimum absolute atomic E-state index is 0.393. The Morgan fingerprint density at radius 2 is 2.11 bits per heavy atom. The summed E-state index contributed by atoms with van der Waals surface area (Å²) in [5, 5.41) is 3.26. The normalized spacial score (nSPS) is 10.7. The van der Waals surface area contributed by atoms with Crippen LogP contribution in [-0.2, 0) is 0 Å². The second kappa shape index (κ2) is 4.51. The van der Waals surface area contributed by atoms with Gasteiger partial charge in [-0.25, -0.2) is 4.98 Å². The van der Waals surface area contributed by atoms with Crippen molar-refractivity contribution in [1.82, 2.24) is 19.9 Å². The van der Waals surface area contributed by atoms with Gasteiger partial charge in [-0.2, -0.15) is 4.98 Å². The van der Waals surface area contributed by atoms with Gasteiger partial charge in [0.05, 0.1) is 12.0 Å². The Morgan fingerprint density at radius 1 is 1.28 bits per heavy atom. The number of anilines is 2. The highest BCUT2D eigenvalue weighted by Crippen LogP contribution is 2.26. The number of para-hydroxylation sites is 1. The Labute approximate surface area is 116 Å². The number of fused-ring (bicyclic) bond motifs is 1. The molecule has 0 radical (unpaired) electrons. The van der Waals surface area contributed by atoms with Crippen molar-refractivity contribution in [2.24, 2.45) is 0 Å². The lowest BCUT2D eigenvalue weighted by atomic mass is 10.3. The number of nitrogens with zero attached hydrogens (tertiary/aromatic N) is 2. The fourth-order valence-electron chi connectivity index (χ4n) is 1.64. The van der Waals surface area contributed by atoms with Gasteiger partial charge in [0.1, 0.15) is 11.3 Å². The first-order valence-electron chi connectivity index (χ1n) is 5.19. The maximum Gasteiger partial charge on any atom is 0.200 e. The number of imidazole rings is 1. The lowest BCUT2D eigenvalue weighted by molar-refractivity contribution is 1.16. The second-order valence-corrected chi connectivity index (χ2v) is 4.86. The molecule has 0 saturated heterocycles. The van der Waals surface area contributed by atoms with E-state index in [0.717, 1.165) is 21.5 Å². The van der Waals surface area contributed by atoms with E-state index in [-0.39, 0.29) is 0 Å². The van der Waals surface area contributed by atoms with Crippen LogP contribution in [0.2, 0.25) is 0 Å². The van der Waals surface area contributed by atoms with Crippen LogP contribution in [0.25, 0.3) is 11.2 Å². The van der Waals surface area contributed by atoms with Gasteiger partial charge in [0.15, 0.2) is 5.65 Å². The van der Waals surface area contributed by atoms with Crippen LogP contribution in [0.15, 0.2) is 35.1 Å². The van der Waals surface area contributed by atoms with Gasteiger partial charge >= 0.3 is 0 Å². The molecule has 1 aromatic carbocycles. The fraction of sp³-hybridized carbons (Fsp3) is 0. The third kappa shape index (κ3) is 2.02. The fourth-order valence-corrected chi connectivity index (χ4v) is 2.21. The lowest BCUT2D eigenvalue weighted by Crippen LogP contribution is -1.97. The molecule has 5 nitrogen and oxygen atoms in total. The summed E-state index contributed by atoms with van der Waals surface area (Å²) in [6.45, 7) is 0. The van der Waals surface area contributed by atoms with Crippen LogP contribution < -0.4 is 5.32 Å². The summed E-state index contributed by atoms with van der Waals surface area (Å²) in [5.41, 5.74) is 2.32. The zero-order valence-electron chi connectivity index (χ0n) is 9.07. The van der Waals surface area contributed by atoms with E-state index in [9.17, 15) is 0 Å². The summed E-state index contributed by atoms with van der Waals surface area (Å²) >= 11 is 8.55. The Morgan fingerprint density at radius 3 is 2.94 bits per heavy atom. The van der Waals surface area contributed by atoms with Gasteiger partial charge < -0.3 is 15.3 Å². The highest BCUT2D eigenvalue weighted by atomic mass is 79.9. The van der Waals surface area contributed by atoms with Gasteiger partial charge in [-0.15, -0.1) is 0 Å². The summed E-state index contributed by atoms with van der Waals surface area (Å²) in [6.07, 6.45) is 1.59. The van der Waals surface area contributed by atoms with Gasteiger partial charge in [0, 0.05) is 4.47 Å². The molecule has 0 bridgehead atoms. The number of nitrogens with one attached hydrogen (secondary N) is 3. The third-order valence-corrected chi connectivity index (χ3v) is 3.33. The molecule has 0 atom stereocenters. The van der Waals surface area contributed by atoms with Crippen molar-refractivity contribution in [1.29, 1.82) is 0 Å². The molecule has 0 spiro atoms. The maximum atomic E-state index is 5.07. The third-order valence-electron chi connectivity index (χ3n) is 2.44. The molecule has 0 fully saturated rings. The summed E-state index contributed by atoms with van der Waals surface area (Å²) in [5.74, 6) is 0.745. The topological polar surface area (TPSA) is 69.4 Å². The SMILES string of the molecule is S=c1nc2nc[nH]c2c(Nc2ccccc2Br)[nH]1. The van der Waals surface area contributed by atoms with Crippen LogP contribution in [-0.4, -0.2) is 19.9 Å². The van der Waals surface area contributed by atoms with E-state index in [0.29, 0.717) is 10.4 Å². The van der Waals surface area contributed by atoms with Gasteiger partial charge in [-0.1, -0.05) is 12.1 Å². The second-order valence-electron chi connectivity index (χ2n) is 3.62. The van der Waals surface area contributed by atoms with Crippen LogP contribution in [0.3, 0.4) is 0 Å². The molecule has 0 unspecified atom stereocenters. The van der Waals surface area contributed by atoms with Crippen molar-refractivity contribution in [2.45, 2.75) is 0 Å². The van der Waals surface area contributed by atoms with Crippen LogP contribution in [0.1, 0.15) is 0 Å². The molecule has 0 aliphatic carbocycles. The van der Waals surface area contributed by atoms with E-state index in [1.807, 2.05) is 24.3 Å². The zero-order chi connectivity index (χ0) is 12.5. The monoisotopic (exact) mass is 321 g/mol. The highest BCUT2D eigenvalue weighted by molar-refractivity contribution is 9.10. The summed E-state index contributed by atoms with van der Waals surface area (Å²) in [4.78, 5) is 14.3. The molecule has 3 N–H and O–H groups in total. The van der Waals surface area contributed by atoms with Gasteiger partial charge in [-0.3, -0.25) is 0 Å². The van der Waals surface area contributed by atoms with Crippen molar-refractivity contribution >= 4 is 50.8 Å². The summed E-state index contributed by atoms with van der Waals surface area (Å²) in [6, 6.07) is 7.83. The molecule has 18 heavy (non-hydrogen) atoms. The number of hydrogen-bond donors (Lipinski definition) is 3. The largest absolute Gasteiger partial charge is 0.340 e. The van der Waals surface area contributed by atoms with E-state index >= 15 is 0 Å². The number of benzene rings is 1. The molecule has 0 amide bonds. The van der Waals surface area contributed by atoms with Crippen molar-refractivity contribution in [3.8, 4) is 0 Å². The van der Waals surface area contributed by atoms with E-state index in [4.69, 9.17) is 12.2 Å². The van der Waals surface area contributed by atoms with Crippen LogP contribution in [0.4, 0.5) is 11.5 Å². The van der Waals surface area contributed by atoms with E-state index < -0.39 is 0 Å². The molecular formula is C11H8BrN5S. The number of aromatic nitrogens is 4. The first-order chi connectivity index (χ1) is 8.74. The Hall–Kier alpha value is -1.73. The average Bonchev–Trinajstić information content (AvgIpc) is 2.80. The summed E-state index contributed by atoms with van der Waals surface area (Å²) < 4.78 is 1.36. The van der Waals surface area contributed by atoms with Crippen LogP contribution in [0.5, 0.6) is 0 Å². The summed E-state index contributed by atoms with van der Waals surface area (Å²) in [7, 11) is 0. The minimum Gasteiger partial charge on any atom is -0.340 e.